The number of carbonyl (C=O) groups is 1. The SMILES string of the molecule is COc1ccccc1CNC(=O)C1CCC(N)C1.Cl. The highest BCUT2D eigenvalue weighted by Crippen LogP contribution is 2.24. The lowest BCUT2D eigenvalue weighted by Gasteiger charge is -2.12. The summed E-state index contributed by atoms with van der Waals surface area (Å²) in [6.45, 7) is 0.509. The van der Waals surface area contributed by atoms with Gasteiger partial charge < -0.3 is 15.8 Å². The van der Waals surface area contributed by atoms with Crippen molar-refractivity contribution in [1.82, 2.24) is 5.32 Å². The number of hydrogen-bond acceptors (Lipinski definition) is 3. The average Bonchev–Trinajstić information content (AvgIpc) is 2.83. The van der Waals surface area contributed by atoms with Gasteiger partial charge in [-0.25, -0.2) is 0 Å². The van der Waals surface area contributed by atoms with Crippen LogP contribution in [0.2, 0.25) is 0 Å². The summed E-state index contributed by atoms with van der Waals surface area (Å²) in [4.78, 5) is 12.0. The molecule has 0 aliphatic heterocycles. The van der Waals surface area contributed by atoms with E-state index < -0.39 is 0 Å². The zero-order valence-corrected chi connectivity index (χ0v) is 11.9. The van der Waals surface area contributed by atoms with Crippen LogP contribution in [0.1, 0.15) is 24.8 Å². The topological polar surface area (TPSA) is 64.3 Å². The first-order chi connectivity index (χ1) is 8.70. The molecule has 0 spiro atoms. The van der Waals surface area contributed by atoms with E-state index in [9.17, 15) is 4.79 Å². The maximum absolute atomic E-state index is 12.0. The van der Waals surface area contributed by atoms with Crippen molar-refractivity contribution in [3.63, 3.8) is 0 Å². The molecule has 1 fully saturated rings. The van der Waals surface area contributed by atoms with Crippen LogP contribution in [0, 0.1) is 5.92 Å². The van der Waals surface area contributed by atoms with Gasteiger partial charge >= 0.3 is 0 Å². The first kappa shape index (κ1) is 15.8. The summed E-state index contributed by atoms with van der Waals surface area (Å²) in [5.74, 6) is 0.990. The normalized spacial score (nSPS) is 21.6. The quantitative estimate of drug-likeness (QED) is 0.887. The summed E-state index contributed by atoms with van der Waals surface area (Å²) in [6, 6.07) is 7.90. The van der Waals surface area contributed by atoms with Gasteiger partial charge in [0.15, 0.2) is 0 Å². The maximum Gasteiger partial charge on any atom is 0.223 e. The first-order valence-corrected chi connectivity index (χ1v) is 6.36. The van der Waals surface area contributed by atoms with E-state index in [0.717, 1.165) is 30.6 Å². The van der Waals surface area contributed by atoms with Crippen molar-refractivity contribution in [2.75, 3.05) is 7.11 Å². The molecule has 2 unspecified atom stereocenters. The van der Waals surface area contributed by atoms with Gasteiger partial charge in [0.05, 0.1) is 7.11 Å². The summed E-state index contributed by atoms with van der Waals surface area (Å²) >= 11 is 0. The van der Waals surface area contributed by atoms with E-state index in [1.807, 2.05) is 24.3 Å². The number of benzene rings is 1. The van der Waals surface area contributed by atoms with E-state index >= 15 is 0 Å². The fourth-order valence-electron chi connectivity index (χ4n) is 2.43. The van der Waals surface area contributed by atoms with E-state index in [-0.39, 0.29) is 30.3 Å². The molecule has 1 aromatic carbocycles. The number of rotatable bonds is 4. The number of amides is 1. The summed E-state index contributed by atoms with van der Waals surface area (Å²) < 4.78 is 5.25. The summed E-state index contributed by atoms with van der Waals surface area (Å²) in [5.41, 5.74) is 6.81. The fourth-order valence-corrected chi connectivity index (χ4v) is 2.43. The lowest BCUT2D eigenvalue weighted by Crippen LogP contribution is -2.30. The zero-order chi connectivity index (χ0) is 13.0. The molecule has 4 nitrogen and oxygen atoms in total. The summed E-state index contributed by atoms with van der Waals surface area (Å²) in [6.07, 6.45) is 2.66. The van der Waals surface area contributed by atoms with Crippen LogP contribution in [0.5, 0.6) is 5.75 Å². The molecule has 0 bridgehead atoms. The van der Waals surface area contributed by atoms with Gasteiger partial charge in [0.2, 0.25) is 5.91 Å². The third-order valence-electron chi connectivity index (χ3n) is 3.49. The molecular formula is C14H21ClN2O2. The monoisotopic (exact) mass is 284 g/mol. The third-order valence-corrected chi connectivity index (χ3v) is 3.49. The predicted molar refractivity (Wildman–Crippen MR) is 77.4 cm³/mol. The van der Waals surface area contributed by atoms with Crippen LogP contribution in [0.3, 0.4) is 0 Å². The van der Waals surface area contributed by atoms with Gasteiger partial charge in [-0.15, -0.1) is 12.4 Å². The molecular weight excluding hydrogens is 264 g/mol. The number of hydrogen-bond donors (Lipinski definition) is 2. The molecule has 3 N–H and O–H groups in total. The van der Waals surface area contributed by atoms with Gasteiger partial charge in [-0.1, -0.05) is 18.2 Å². The molecule has 0 heterocycles. The third kappa shape index (κ3) is 4.11. The van der Waals surface area contributed by atoms with Crippen molar-refractivity contribution in [2.45, 2.75) is 31.8 Å². The van der Waals surface area contributed by atoms with Crippen molar-refractivity contribution >= 4 is 18.3 Å². The molecule has 0 radical (unpaired) electrons. The van der Waals surface area contributed by atoms with E-state index in [1.54, 1.807) is 7.11 Å². The summed E-state index contributed by atoms with van der Waals surface area (Å²) in [5, 5.41) is 2.96. The van der Waals surface area contributed by atoms with E-state index in [4.69, 9.17) is 10.5 Å². The van der Waals surface area contributed by atoms with Crippen molar-refractivity contribution < 1.29 is 9.53 Å². The van der Waals surface area contributed by atoms with Crippen LogP contribution >= 0.6 is 12.4 Å². The lowest BCUT2D eigenvalue weighted by atomic mass is 10.1. The minimum Gasteiger partial charge on any atom is -0.496 e. The number of carbonyl (C=O) groups excluding carboxylic acids is 1. The molecule has 0 aromatic heterocycles. The summed E-state index contributed by atoms with van der Waals surface area (Å²) in [7, 11) is 1.64. The molecule has 2 rings (SSSR count). The lowest BCUT2D eigenvalue weighted by molar-refractivity contribution is -0.125. The Kier molecular flexibility index (Phi) is 6.12. The fraction of sp³-hybridized carbons (Fsp3) is 0.500. The molecule has 19 heavy (non-hydrogen) atoms. The van der Waals surface area contributed by atoms with Crippen molar-refractivity contribution in [3.8, 4) is 5.75 Å². The largest absolute Gasteiger partial charge is 0.496 e. The van der Waals surface area contributed by atoms with Gasteiger partial charge in [0.1, 0.15) is 5.75 Å². The smallest absolute Gasteiger partial charge is 0.223 e. The van der Waals surface area contributed by atoms with Crippen LogP contribution in [0.15, 0.2) is 24.3 Å². The van der Waals surface area contributed by atoms with Crippen molar-refractivity contribution in [3.05, 3.63) is 29.8 Å². The second-order valence-electron chi connectivity index (χ2n) is 4.80. The number of halogens is 1. The molecule has 1 aromatic rings. The Morgan fingerprint density at radius 1 is 1.42 bits per heavy atom. The van der Waals surface area contributed by atoms with Gasteiger partial charge in [-0.3, -0.25) is 4.79 Å². The Balaban J connectivity index is 0.00000180. The molecule has 1 aliphatic rings. The van der Waals surface area contributed by atoms with Crippen molar-refractivity contribution in [1.29, 1.82) is 0 Å². The number of nitrogens with one attached hydrogen (secondary N) is 1. The average molecular weight is 285 g/mol. The number of para-hydroxylation sites is 1. The Morgan fingerprint density at radius 2 is 2.16 bits per heavy atom. The second kappa shape index (κ2) is 7.36. The molecule has 1 aliphatic carbocycles. The predicted octanol–water partition coefficient (Wildman–Crippen LogP) is 1.86. The van der Waals surface area contributed by atoms with Crippen molar-refractivity contribution in [2.24, 2.45) is 11.7 Å². The van der Waals surface area contributed by atoms with Crippen LogP contribution < -0.4 is 15.8 Å². The molecule has 0 saturated heterocycles. The molecule has 2 atom stereocenters. The van der Waals surface area contributed by atoms with Crippen LogP contribution in [0.4, 0.5) is 0 Å². The Morgan fingerprint density at radius 3 is 2.79 bits per heavy atom. The highest BCUT2D eigenvalue weighted by atomic mass is 35.5. The minimum absolute atomic E-state index is 0. The molecule has 5 heteroatoms. The highest BCUT2D eigenvalue weighted by Gasteiger charge is 2.27. The number of methoxy groups -OCH3 is 1. The Bertz CT molecular complexity index is 426. The van der Waals surface area contributed by atoms with E-state index in [0.29, 0.717) is 6.54 Å². The molecule has 1 amide bonds. The van der Waals surface area contributed by atoms with Gasteiger partial charge in [0.25, 0.3) is 0 Å². The first-order valence-electron chi connectivity index (χ1n) is 6.36. The molecule has 106 valence electrons. The van der Waals surface area contributed by atoms with Crippen LogP contribution in [-0.2, 0) is 11.3 Å². The van der Waals surface area contributed by atoms with E-state index in [2.05, 4.69) is 5.32 Å². The number of nitrogens with two attached hydrogens (primary N) is 1. The number of ether oxygens (including phenoxy) is 1. The highest BCUT2D eigenvalue weighted by molar-refractivity contribution is 5.85. The van der Waals surface area contributed by atoms with Gasteiger partial charge in [-0.05, 0) is 25.3 Å². The van der Waals surface area contributed by atoms with Gasteiger partial charge in [-0.2, -0.15) is 0 Å². The Labute approximate surface area is 120 Å². The minimum atomic E-state index is 0. The zero-order valence-electron chi connectivity index (χ0n) is 11.1. The standard InChI is InChI=1S/C14H20N2O2.ClH/c1-18-13-5-3-2-4-11(13)9-16-14(17)10-6-7-12(15)8-10;/h2-5,10,12H,6-9,15H2,1H3,(H,16,17);1H. The van der Waals surface area contributed by atoms with Crippen LogP contribution in [-0.4, -0.2) is 19.1 Å². The second-order valence-corrected chi connectivity index (χ2v) is 4.80. The van der Waals surface area contributed by atoms with E-state index in [1.165, 1.54) is 0 Å². The Hall–Kier alpha value is -1.26. The van der Waals surface area contributed by atoms with Gasteiger partial charge in [0, 0.05) is 24.1 Å². The van der Waals surface area contributed by atoms with Crippen LogP contribution in [0.25, 0.3) is 0 Å². The maximum atomic E-state index is 12.0. The molecule has 1 saturated carbocycles.